The quantitative estimate of drug-likeness (QED) is 0.887. The molecular formula is C18H22N2O4S. The molecule has 0 spiro atoms. The van der Waals surface area contributed by atoms with Gasteiger partial charge in [0, 0.05) is 25.7 Å². The number of sulfonamides is 1. The van der Waals surface area contributed by atoms with Crippen molar-refractivity contribution < 1.29 is 17.6 Å². The van der Waals surface area contributed by atoms with E-state index in [1.54, 1.807) is 6.92 Å². The molecule has 0 saturated carbocycles. The van der Waals surface area contributed by atoms with E-state index in [-0.39, 0.29) is 16.4 Å². The van der Waals surface area contributed by atoms with Gasteiger partial charge in [0.25, 0.3) is 5.91 Å². The zero-order chi connectivity index (χ0) is 18.0. The Morgan fingerprint density at radius 1 is 1.16 bits per heavy atom. The zero-order valence-electron chi connectivity index (χ0n) is 14.4. The van der Waals surface area contributed by atoms with Crippen molar-refractivity contribution in [3.63, 3.8) is 0 Å². The van der Waals surface area contributed by atoms with Crippen molar-refractivity contribution in [2.75, 3.05) is 13.1 Å². The number of nitrogens with zero attached hydrogens (tertiary/aromatic N) is 1. The molecule has 0 radical (unpaired) electrons. The second-order valence-corrected chi connectivity index (χ2v) is 8.22. The normalized spacial score (nSPS) is 15.4. The van der Waals surface area contributed by atoms with Gasteiger partial charge in [0.15, 0.2) is 5.76 Å². The van der Waals surface area contributed by atoms with Crippen molar-refractivity contribution in [1.29, 1.82) is 0 Å². The molecule has 7 heteroatoms. The Labute approximate surface area is 147 Å². The van der Waals surface area contributed by atoms with E-state index in [0.29, 0.717) is 19.6 Å². The fourth-order valence-electron chi connectivity index (χ4n) is 2.88. The molecule has 0 unspecified atom stereocenters. The molecule has 0 aliphatic carbocycles. The fourth-order valence-corrected chi connectivity index (χ4v) is 4.55. The summed E-state index contributed by atoms with van der Waals surface area (Å²) in [5.41, 5.74) is 2.11. The van der Waals surface area contributed by atoms with E-state index < -0.39 is 15.9 Å². The standard InChI is InChI=1S/C18H22N2O4S/c1-13-5-7-15(8-6-13)12-19-18(21)16-11-17(14(2)24-16)25(22,23)20-9-3-4-10-20/h5-8,11H,3-4,9-10,12H2,1-2H3,(H,19,21). The highest BCUT2D eigenvalue weighted by molar-refractivity contribution is 7.89. The van der Waals surface area contributed by atoms with Crippen LogP contribution in [0.1, 0.15) is 40.3 Å². The summed E-state index contributed by atoms with van der Waals surface area (Å²) in [4.78, 5) is 12.4. The highest BCUT2D eigenvalue weighted by Gasteiger charge is 2.31. The molecule has 0 bridgehead atoms. The molecule has 6 nitrogen and oxygen atoms in total. The van der Waals surface area contributed by atoms with Gasteiger partial charge in [-0.25, -0.2) is 8.42 Å². The van der Waals surface area contributed by atoms with E-state index in [4.69, 9.17) is 4.42 Å². The Hall–Kier alpha value is -2.12. The topological polar surface area (TPSA) is 79.6 Å². The predicted molar refractivity (Wildman–Crippen MR) is 93.8 cm³/mol. The molecule has 1 amide bonds. The van der Waals surface area contributed by atoms with Crippen LogP contribution in [0, 0.1) is 13.8 Å². The van der Waals surface area contributed by atoms with E-state index in [2.05, 4.69) is 5.32 Å². The summed E-state index contributed by atoms with van der Waals surface area (Å²) in [5, 5.41) is 2.76. The van der Waals surface area contributed by atoms with Crippen LogP contribution in [0.2, 0.25) is 0 Å². The van der Waals surface area contributed by atoms with Crippen LogP contribution in [0.15, 0.2) is 39.6 Å². The Morgan fingerprint density at radius 2 is 1.80 bits per heavy atom. The number of benzene rings is 1. The van der Waals surface area contributed by atoms with Crippen LogP contribution in [0.4, 0.5) is 0 Å². The van der Waals surface area contributed by atoms with E-state index in [0.717, 1.165) is 24.0 Å². The molecule has 134 valence electrons. The van der Waals surface area contributed by atoms with Gasteiger partial charge in [-0.05, 0) is 32.3 Å². The maximum Gasteiger partial charge on any atom is 0.287 e. The molecule has 1 fully saturated rings. The zero-order valence-corrected chi connectivity index (χ0v) is 15.2. The van der Waals surface area contributed by atoms with Gasteiger partial charge in [0.05, 0.1) is 0 Å². The van der Waals surface area contributed by atoms with Crippen molar-refractivity contribution in [3.05, 3.63) is 53.0 Å². The highest BCUT2D eigenvalue weighted by atomic mass is 32.2. The molecular weight excluding hydrogens is 340 g/mol. The van der Waals surface area contributed by atoms with Gasteiger partial charge in [-0.2, -0.15) is 4.31 Å². The Morgan fingerprint density at radius 3 is 2.44 bits per heavy atom. The summed E-state index contributed by atoms with van der Waals surface area (Å²) in [5.74, 6) is -0.165. The molecule has 25 heavy (non-hydrogen) atoms. The third-order valence-electron chi connectivity index (χ3n) is 4.35. The number of rotatable bonds is 5. The Bertz CT molecular complexity index is 863. The molecule has 1 aromatic carbocycles. The summed E-state index contributed by atoms with van der Waals surface area (Å²) >= 11 is 0. The van der Waals surface area contributed by atoms with Crippen molar-refractivity contribution in [1.82, 2.24) is 9.62 Å². The molecule has 0 atom stereocenters. The van der Waals surface area contributed by atoms with Crippen LogP contribution in [-0.2, 0) is 16.6 Å². The van der Waals surface area contributed by atoms with E-state index in [9.17, 15) is 13.2 Å². The minimum Gasteiger partial charge on any atom is -0.455 e. The lowest BCUT2D eigenvalue weighted by Crippen LogP contribution is -2.28. The second kappa shape index (κ2) is 7.01. The van der Waals surface area contributed by atoms with E-state index >= 15 is 0 Å². The lowest BCUT2D eigenvalue weighted by atomic mass is 10.1. The Kier molecular flexibility index (Phi) is 4.96. The first-order valence-electron chi connectivity index (χ1n) is 8.32. The summed E-state index contributed by atoms with van der Waals surface area (Å²) < 4.78 is 32.1. The van der Waals surface area contributed by atoms with Crippen LogP contribution in [0.25, 0.3) is 0 Å². The smallest absolute Gasteiger partial charge is 0.287 e. The van der Waals surface area contributed by atoms with Gasteiger partial charge in [0.1, 0.15) is 10.7 Å². The van der Waals surface area contributed by atoms with Gasteiger partial charge < -0.3 is 9.73 Å². The maximum absolute atomic E-state index is 12.6. The van der Waals surface area contributed by atoms with Crippen molar-refractivity contribution in [3.8, 4) is 0 Å². The number of nitrogens with one attached hydrogen (secondary N) is 1. The van der Waals surface area contributed by atoms with Crippen molar-refractivity contribution in [2.45, 2.75) is 38.1 Å². The van der Waals surface area contributed by atoms with Gasteiger partial charge in [-0.1, -0.05) is 29.8 Å². The minimum atomic E-state index is -3.59. The van der Waals surface area contributed by atoms with Crippen LogP contribution in [-0.4, -0.2) is 31.7 Å². The number of amides is 1. The van der Waals surface area contributed by atoms with Gasteiger partial charge >= 0.3 is 0 Å². The minimum absolute atomic E-state index is 0.0161. The Balaban J connectivity index is 1.72. The molecule has 1 saturated heterocycles. The van der Waals surface area contributed by atoms with Crippen LogP contribution >= 0.6 is 0 Å². The third kappa shape index (κ3) is 3.77. The summed E-state index contributed by atoms with van der Waals surface area (Å²) in [6, 6.07) is 9.14. The van der Waals surface area contributed by atoms with Crippen LogP contribution in [0.5, 0.6) is 0 Å². The summed E-state index contributed by atoms with van der Waals surface area (Å²) in [6.07, 6.45) is 1.72. The monoisotopic (exact) mass is 362 g/mol. The number of carbonyl (C=O) groups excluding carboxylic acids is 1. The lowest BCUT2D eigenvalue weighted by Gasteiger charge is -2.14. The van der Waals surface area contributed by atoms with E-state index in [1.807, 2.05) is 31.2 Å². The number of hydrogen-bond donors (Lipinski definition) is 1. The lowest BCUT2D eigenvalue weighted by molar-refractivity contribution is 0.0922. The molecule has 2 heterocycles. The first-order valence-corrected chi connectivity index (χ1v) is 9.76. The molecule has 2 aromatic rings. The van der Waals surface area contributed by atoms with Crippen molar-refractivity contribution >= 4 is 15.9 Å². The second-order valence-electron chi connectivity index (χ2n) is 6.31. The molecule has 1 aliphatic heterocycles. The first kappa shape index (κ1) is 17.7. The third-order valence-corrected chi connectivity index (χ3v) is 6.36. The van der Waals surface area contributed by atoms with Crippen LogP contribution < -0.4 is 5.32 Å². The number of hydrogen-bond acceptors (Lipinski definition) is 4. The summed E-state index contributed by atoms with van der Waals surface area (Å²) in [6.45, 7) is 4.95. The van der Waals surface area contributed by atoms with Crippen molar-refractivity contribution in [2.24, 2.45) is 0 Å². The van der Waals surface area contributed by atoms with E-state index in [1.165, 1.54) is 10.4 Å². The molecule has 1 N–H and O–H groups in total. The molecule has 1 aliphatic rings. The van der Waals surface area contributed by atoms with Gasteiger partial charge in [-0.3, -0.25) is 4.79 Å². The van der Waals surface area contributed by atoms with Gasteiger partial charge in [-0.15, -0.1) is 0 Å². The average Bonchev–Trinajstić information content (AvgIpc) is 3.24. The first-order chi connectivity index (χ1) is 11.9. The highest BCUT2D eigenvalue weighted by Crippen LogP contribution is 2.26. The molecule has 3 rings (SSSR count). The number of carbonyl (C=O) groups is 1. The number of furan rings is 1. The van der Waals surface area contributed by atoms with Crippen LogP contribution in [0.3, 0.4) is 0 Å². The SMILES string of the molecule is Cc1ccc(CNC(=O)c2cc(S(=O)(=O)N3CCCC3)c(C)o2)cc1. The maximum atomic E-state index is 12.6. The fraction of sp³-hybridized carbons (Fsp3) is 0.389. The predicted octanol–water partition coefficient (Wildman–Crippen LogP) is 2.61. The summed E-state index contributed by atoms with van der Waals surface area (Å²) in [7, 11) is -3.59. The molecule has 1 aromatic heterocycles. The largest absolute Gasteiger partial charge is 0.455 e. The van der Waals surface area contributed by atoms with Gasteiger partial charge in [0.2, 0.25) is 10.0 Å². The average molecular weight is 362 g/mol. The number of aryl methyl sites for hydroxylation is 2.